The minimum atomic E-state index is 0.114. The van der Waals surface area contributed by atoms with E-state index in [-0.39, 0.29) is 6.10 Å². The molecule has 1 heterocycles. The molecule has 0 spiro atoms. The van der Waals surface area contributed by atoms with Crippen molar-refractivity contribution in [3.05, 3.63) is 17.7 Å². The van der Waals surface area contributed by atoms with Crippen molar-refractivity contribution in [1.29, 1.82) is 0 Å². The Morgan fingerprint density at radius 2 is 2.15 bits per heavy atom. The Kier molecular flexibility index (Phi) is 6.50. The first-order chi connectivity index (χ1) is 9.85. The number of aromatic nitrogens is 2. The molecule has 1 aliphatic carbocycles. The van der Waals surface area contributed by atoms with E-state index < -0.39 is 0 Å². The molecule has 5 heteroatoms. The Hall–Kier alpha value is -0.910. The minimum Gasteiger partial charge on any atom is -0.383 e. The van der Waals surface area contributed by atoms with Crippen molar-refractivity contribution >= 4 is 0 Å². The van der Waals surface area contributed by atoms with E-state index in [4.69, 9.17) is 9.47 Å². The summed E-state index contributed by atoms with van der Waals surface area (Å²) < 4.78 is 10.7. The molecule has 0 bridgehead atoms. The van der Waals surface area contributed by atoms with Crippen LogP contribution in [0.1, 0.15) is 49.7 Å². The molecule has 0 aliphatic heterocycles. The van der Waals surface area contributed by atoms with Crippen LogP contribution in [0.3, 0.4) is 0 Å². The van der Waals surface area contributed by atoms with Gasteiger partial charge in [0.05, 0.1) is 6.61 Å². The average molecular weight is 281 g/mol. The second-order valence-corrected chi connectivity index (χ2v) is 5.52. The molecule has 1 aliphatic rings. The molecule has 5 nitrogen and oxygen atoms in total. The van der Waals surface area contributed by atoms with Crippen molar-refractivity contribution in [3.8, 4) is 0 Å². The lowest BCUT2D eigenvalue weighted by molar-refractivity contribution is 0.0294. The predicted molar refractivity (Wildman–Crippen MR) is 78.5 cm³/mol. The van der Waals surface area contributed by atoms with Gasteiger partial charge in [-0.1, -0.05) is 19.3 Å². The van der Waals surface area contributed by atoms with Gasteiger partial charge in [-0.3, -0.25) is 0 Å². The van der Waals surface area contributed by atoms with E-state index in [1.54, 1.807) is 14.2 Å². The maximum absolute atomic E-state index is 5.70. The summed E-state index contributed by atoms with van der Waals surface area (Å²) in [5.74, 6) is 1.58. The fourth-order valence-electron chi connectivity index (χ4n) is 2.97. The van der Waals surface area contributed by atoms with Gasteiger partial charge in [0.15, 0.2) is 0 Å². The number of ether oxygens (including phenoxy) is 2. The summed E-state index contributed by atoms with van der Waals surface area (Å²) >= 11 is 0. The number of methoxy groups -OCH3 is 2. The van der Waals surface area contributed by atoms with Gasteiger partial charge in [0.2, 0.25) is 0 Å². The minimum absolute atomic E-state index is 0.114. The Morgan fingerprint density at radius 3 is 2.85 bits per heavy atom. The molecule has 0 saturated heterocycles. The Morgan fingerprint density at radius 1 is 1.35 bits per heavy atom. The van der Waals surface area contributed by atoms with Crippen LogP contribution < -0.4 is 5.32 Å². The summed E-state index contributed by atoms with van der Waals surface area (Å²) in [6.45, 7) is 2.36. The molecule has 0 radical (unpaired) electrons. The zero-order valence-corrected chi connectivity index (χ0v) is 12.7. The number of imidazole rings is 1. The lowest BCUT2D eigenvalue weighted by Gasteiger charge is -2.27. The van der Waals surface area contributed by atoms with Crippen molar-refractivity contribution in [2.45, 2.75) is 44.8 Å². The molecule has 2 N–H and O–H groups in total. The molecule has 1 aromatic rings. The highest BCUT2D eigenvalue weighted by atomic mass is 16.5. The highest BCUT2D eigenvalue weighted by Gasteiger charge is 2.26. The van der Waals surface area contributed by atoms with Gasteiger partial charge in [-0.2, -0.15) is 0 Å². The van der Waals surface area contributed by atoms with Crippen molar-refractivity contribution in [2.24, 2.45) is 5.92 Å². The molecule has 0 amide bonds. The molecule has 1 unspecified atom stereocenters. The van der Waals surface area contributed by atoms with Gasteiger partial charge in [0.1, 0.15) is 11.9 Å². The van der Waals surface area contributed by atoms with E-state index in [0.717, 1.165) is 31.2 Å². The van der Waals surface area contributed by atoms with Crippen LogP contribution in [-0.2, 0) is 16.0 Å². The molecular weight excluding hydrogens is 254 g/mol. The summed E-state index contributed by atoms with van der Waals surface area (Å²) in [5.41, 5.74) is 1.11. The second kappa shape index (κ2) is 8.39. The number of nitrogens with zero attached hydrogens (tertiary/aromatic N) is 1. The van der Waals surface area contributed by atoms with Crippen LogP contribution in [0.4, 0.5) is 0 Å². The Balaban J connectivity index is 1.88. The van der Waals surface area contributed by atoms with Gasteiger partial charge in [-0.25, -0.2) is 4.98 Å². The maximum atomic E-state index is 5.70. The SMILES string of the molecule is COCCNCc1cnc(C(OC)C2CCCCC2)[nH]1. The topological polar surface area (TPSA) is 59.2 Å². The van der Waals surface area contributed by atoms with Crippen molar-refractivity contribution in [3.63, 3.8) is 0 Å². The van der Waals surface area contributed by atoms with Gasteiger partial charge < -0.3 is 19.8 Å². The number of aromatic amines is 1. The molecule has 1 saturated carbocycles. The monoisotopic (exact) mass is 281 g/mol. The Labute approximate surface area is 121 Å². The fourth-order valence-corrected chi connectivity index (χ4v) is 2.97. The largest absolute Gasteiger partial charge is 0.383 e. The first kappa shape index (κ1) is 15.5. The van der Waals surface area contributed by atoms with Gasteiger partial charge in [-0.05, 0) is 18.8 Å². The van der Waals surface area contributed by atoms with Crippen LogP contribution in [0.2, 0.25) is 0 Å². The van der Waals surface area contributed by atoms with E-state index in [2.05, 4.69) is 15.3 Å². The van der Waals surface area contributed by atoms with Crippen LogP contribution in [-0.4, -0.2) is 37.3 Å². The van der Waals surface area contributed by atoms with Crippen molar-refractivity contribution in [1.82, 2.24) is 15.3 Å². The molecule has 2 rings (SSSR count). The molecule has 1 fully saturated rings. The molecule has 1 aromatic heterocycles. The average Bonchev–Trinajstić information content (AvgIpc) is 2.94. The smallest absolute Gasteiger partial charge is 0.135 e. The van der Waals surface area contributed by atoms with Gasteiger partial charge in [0.25, 0.3) is 0 Å². The molecule has 1 atom stereocenters. The highest BCUT2D eigenvalue weighted by molar-refractivity contribution is 5.05. The standard InChI is InChI=1S/C15H27N3O2/c1-19-9-8-16-10-13-11-17-15(18-13)14(20-2)12-6-4-3-5-7-12/h11-12,14,16H,3-10H2,1-2H3,(H,17,18). The third-order valence-corrected chi connectivity index (χ3v) is 4.05. The Bertz CT molecular complexity index is 375. The van der Waals surface area contributed by atoms with E-state index in [0.29, 0.717) is 5.92 Å². The third kappa shape index (κ3) is 4.30. The molecule has 114 valence electrons. The van der Waals surface area contributed by atoms with Crippen LogP contribution in [0.15, 0.2) is 6.20 Å². The van der Waals surface area contributed by atoms with Crippen molar-refractivity contribution < 1.29 is 9.47 Å². The second-order valence-electron chi connectivity index (χ2n) is 5.52. The lowest BCUT2D eigenvalue weighted by atomic mass is 9.85. The number of rotatable bonds is 8. The zero-order valence-electron chi connectivity index (χ0n) is 12.7. The quantitative estimate of drug-likeness (QED) is 0.718. The fraction of sp³-hybridized carbons (Fsp3) is 0.800. The summed E-state index contributed by atoms with van der Waals surface area (Å²) in [7, 11) is 3.50. The van der Waals surface area contributed by atoms with Crippen LogP contribution >= 0.6 is 0 Å². The van der Waals surface area contributed by atoms with Crippen molar-refractivity contribution in [2.75, 3.05) is 27.4 Å². The summed E-state index contributed by atoms with van der Waals surface area (Å²) in [5, 5.41) is 3.32. The van der Waals surface area contributed by atoms with E-state index in [1.165, 1.54) is 32.1 Å². The first-order valence-electron chi connectivity index (χ1n) is 7.61. The predicted octanol–water partition coefficient (Wildman–Crippen LogP) is 2.41. The first-order valence-corrected chi connectivity index (χ1v) is 7.61. The molecule has 20 heavy (non-hydrogen) atoms. The summed E-state index contributed by atoms with van der Waals surface area (Å²) in [4.78, 5) is 7.91. The van der Waals surface area contributed by atoms with Crippen LogP contribution in [0, 0.1) is 5.92 Å². The highest BCUT2D eigenvalue weighted by Crippen LogP contribution is 2.35. The normalized spacial score (nSPS) is 18.3. The third-order valence-electron chi connectivity index (χ3n) is 4.05. The zero-order chi connectivity index (χ0) is 14.2. The van der Waals surface area contributed by atoms with Gasteiger partial charge in [0, 0.05) is 39.2 Å². The van der Waals surface area contributed by atoms with E-state index >= 15 is 0 Å². The van der Waals surface area contributed by atoms with Crippen LogP contribution in [0.5, 0.6) is 0 Å². The molecular formula is C15H27N3O2. The van der Waals surface area contributed by atoms with Gasteiger partial charge in [-0.15, -0.1) is 0 Å². The van der Waals surface area contributed by atoms with Gasteiger partial charge >= 0.3 is 0 Å². The number of H-pyrrole nitrogens is 1. The number of hydrogen-bond acceptors (Lipinski definition) is 4. The summed E-state index contributed by atoms with van der Waals surface area (Å²) in [6, 6.07) is 0. The molecule has 0 aromatic carbocycles. The van der Waals surface area contributed by atoms with Crippen LogP contribution in [0.25, 0.3) is 0 Å². The lowest BCUT2D eigenvalue weighted by Crippen LogP contribution is -2.20. The van der Waals surface area contributed by atoms with E-state index in [9.17, 15) is 0 Å². The summed E-state index contributed by atoms with van der Waals surface area (Å²) in [6.07, 6.45) is 8.52. The number of nitrogens with one attached hydrogen (secondary N) is 2. The number of hydrogen-bond donors (Lipinski definition) is 2. The van der Waals surface area contributed by atoms with E-state index in [1.807, 2.05) is 6.20 Å². The maximum Gasteiger partial charge on any atom is 0.135 e.